The topological polar surface area (TPSA) is 69.7 Å². The second kappa shape index (κ2) is 8.34. The molecule has 1 fully saturated rings. The minimum Gasteiger partial charge on any atom is -0.364 e. The van der Waals surface area contributed by atoms with E-state index in [0.29, 0.717) is 22.7 Å². The molecule has 2 heterocycles. The van der Waals surface area contributed by atoms with Gasteiger partial charge in [0.1, 0.15) is 5.57 Å². The fraction of sp³-hybridized carbons (Fsp3) is 0.346. The Morgan fingerprint density at radius 2 is 1.76 bits per heavy atom. The molecular weight excluding hydrogens is 438 g/mol. The predicted octanol–water partition coefficient (Wildman–Crippen LogP) is 5.51. The summed E-state index contributed by atoms with van der Waals surface area (Å²) in [7, 11) is 0. The number of nitrogens with one attached hydrogen (secondary N) is 1. The van der Waals surface area contributed by atoms with Crippen molar-refractivity contribution in [2.75, 3.05) is 9.80 Å². The van der Waals surface area contributed by atoms with E-state index < -0.39 is 17.8 Å². The van der Waals surface area contributed by atoms with E-state index in [2.05, 4.69) is 50.9 Å². The summed E-state index contributed by atoms with van der Waals surface area (Å²) in [6, 6.07) is 11.9. The van der Waals surface area contributed by atoms with E-state index in [1.54, 1.807) is 30.3 Å². The van der Waals surface area contributed by atoms with Gasteiger partial charge < -0.3 is 4.90 Å². The highest BCUT2D eigenvalue weighted by atomic mass is 35.5. The Morgan fingerprint density at radius 3 is 2.39 bits per heavy atom. The van der Waals surface area contributed by atoms with Gasteiger partial charge in [0.15, 0.2) is 0 Å². The zero-order chi connectivity index (χ0) is 24.1. The van der Waals surface area contributed by atoms with Crippen molar-refractivity contribution in [2.24, 2.45) is 0 Å². The van der Waals surface area contributed by atoms with Gasteiger partial charge >= 0.3 is 6.03 Å². The molecule has 0 saturated carbocycles. The molecule has 1 N–H and O–H groups in total. The third-order valence-corrected chi connectivity index (χ3v) is 6.57. The van der Waals surface area contributed by atoms with Crippen molar-refractivity contribution in [1.82, 2.24) is 5.32 Å². The van der Waals surface area contributed by atoms with Crippen LogP contribution in [0.4, 0.5) is 16.2 Å². The fourth-order valence-corrected chi connectivity index (χ4v) is 5.31. The highest BCUT2D eigenvalue weighted by molar-refractivity contribution is 6.39. The maximum absolute atomic E-state index is 13.2. The predicted molar refractivity (Wildman–Crippen MR) is 132 cm³/mol. The van der Waals surface area contributed by atoms with E-state index in [1.165, 1.54) is 11.3 Å². The average Bonchev–Trinajstić information content (AvgIpc) is 2.71. The minimum atomic E-state index is -0.779. The number of rotatable bonds is 3. The van der Waals surface area contributed by atoms with Crippen molar-refractivity contribution >= 4 is 46.9 Å². The Bertz CT molecular complexity index is 1170. The minimum absolute atomic E-state index is 0.0270. The van der Waals surface area contributed by atoms with E-state index in [1.807, 2.05) is 12.1 Å². The number of barbiturate groups is 1. The summed E-state index contributed by atoms with van der Waals surface area (Å²) in [6.45, 7) is 11.1. The molecule has 0 radical (unpaired) electrons. The van der Waals surface area contributed by atoms with Crippen LogP contribution in [-0.2, 0) is 9.59 Å². The monoisotopic (exact) mass is 465 g/mol. The molecule has 1 atom stereocenters. The highest BCUT2D eigenvalue weighted by Crippen LogP contribution is 2.44. The summed E-state index contributed by atoms with van der Waals surface area (Å²) in [4.78, 5) is 41.5. The number of carbonyl (C=O) groups excluding carboxylic acids is 3. The third kappa shape index (κ3) is 4.15. The molecular formula is C26H28ClN3O3. The van der Waals surface area contributed by atoms with Crippen molar-refractivity contribution < 1.29 is 14.4 Å². The first-order valence-electron chi connectivity index (χ1n) is 11.1. The van der Waals surface area contributed by atoms with Crippen molar-refractivity contribution in [3.05, 3.63) is 64.2 Å². The van der Waals surface area contributed by atoms with Crippen molar-refractivity contribution in [1.29, 1.82) is 0 Å². The molecule has 172 valence electrons. The summed E-state index contributed by atoms with van der Waals surface area (Å²) >= 11 is 5.93. The van der Waals surface area contributed by atoms with Crippen LogP contribution >= 0.6 is 11.6 Å². The molecule has 2 aliphatic heterocycles. The lowest BCUT2D eigenvalue weighted by Gasteiger charge is -2.50. The number of imide groups is 2. The van der Waals surface area contributed by atoms with Gasteiger partial charge in [0.2, 0.25) is 0 Å². The second-order valence-electron chi connectivity index (χ2n) is 9.63. The van der Waals surface area contributed by atoms with Gasteiger partial charge in [-0.2, -0.15) is 0 Å². The van der Waals surface area contributed by atoms with E-state index in [-0.39, 0.29) is 11.1 Å². The van der Waals surface area contributed by atoms with Crippen LogP contribution in [0, 0.1) is 0 Å². The van der Waals surface area contributed by atoms with Crippen molar-refractivity contribution in [3.63, 3.8) is 0 Å². The molecule has 2 aromatic carbocycles. The summed E-state index contributed by atoms with van der Waals surface area (Å²) in [5, 5.41) is 2.75. The van der Waals surface area contributed by atoms with E-state index >= 15 is 0 Å². The lowest BCUT2D eigenvalue weighted by atomic mass is 9.78. The average molecular weight is 466 g/mol. The Balaban J connectivity index is 1.73. The van der Waals surface area contributed by atoms with Gasteiger partial charge in [0.05, 0.1) is 5.69 Å². The van der Waals surface area contributed by atoms with E-state index in [0.717, 1.165) is 16.9 Å². The molecule has 6 nitrogen and oxygen atoms in total. The van der Waals surface area contributed by atoms with Crippen LogP contribution in [0.15, 0.2) is 48.0 Å². The molecule has 4 rings (SSSR count). The lowest BCUT2D eigenvalue weighted by molar-refractivity contribution is -0.122. The van der Waals surface area contributed by atoms with Crippen LogP contribution in [0.1, 0.15) is 58.1 Å². The van der Waals surface area contributed by atoms with Crippen LogP contribution in [0.2, 0.25) is 5.02 Å². The Morgan fingerprint density at radius 1 is 1.09 bits per heavy atom. The Hall–Kier alpha value is -3.12. The first-order valence-corrected chi connectivity index (χ1v) is 11.5. The summed E-state index contributed by atoms with van der Waals surface area (Å²) in [5.74, 6) is -1.04. The molecule has 0 bridgehead atoms. The lowest BCUT2D eigenvalue weighted by Crippen LogP contribution is -2.54. The zero-order valence-corrected chi connectivity index (χ0v) is 20.2. The number of urea groups is 1. The van der Waals surface area contributed by atoms with E-state index in [9.17, 15) is 14.4 Å². The van der Waals surface area contributed by atoms with Crippen LogP contribution < -0.4 is 15.1 Å². The molecule has 0 unspecified atom stereocenters. The fourth-order valence-electron chi connectivity index (χ4n) is 5.19. The van der Waals surface area contributed by atoms with Gasteiger partial charge in [-0.25, -0.2) is 9.69 Å². The molecule has 0 aromatic heterocycles. The van der Waals surface area contributed by atoms with Gasteiger partial charge in [0, 0.05) is 22.3 Å². The summed E-state index contributed by atoms with van der Waals surface area (Å²) in [5.41, 5.74) is 3.38. The maximum Gasteiger partial charge on any atom is 0.335 e. The summed E-state index contributed by atoms with van der Waals surface area (Å²) in [6.07, 6.45) is 2.55. The van der Waals surface area contributed by atoms with E-state index in [4.69, 9.17) is 11.6 Å². The van der Waals surface area contributed by atoms with Crippen LogP contribution in [-0.4, -0.2) is 29.4 Å². The van der Waals surface area contributed by atoms with Crippen LogP contribution in [0.5, 0.6) is 0 Å². The molecule has 1 saturated heterocycles. The number of anilines is 2. The highest BCUT2D eigenvalue weighted by Gasteiger charge is 2.39. The van der Waals surface area contributed by atoms with Crippen LogP contribution in [0.25, 0.3) is 6.08 Å². The second-order valence-corrected chi connectivity index (χ2v) is 10.1. The number of nitrogens with zero attached hydrogens (tertiary/aromatic N) is 2. The van der Waals surface area contributed by atoms with Crippen LogP contribution in [0.3, 0.4) is 0 Å². The molecule has 0 aliphatic carbocycles. The number of benzene rings is 2. The number of hydrogen-bond donors (Lipinski definition) is 1. The summed E-state index contributed by atoms with van der Waals surface area (Å²) < 4.78 is 0. The number of amides is 4. The normalized spacial score (nSPS) is 21.5. The number of hydrogen-bond acceptors (Lipinski definition) is 4. The molecule has 4 amide bonds. The zero-order valence-electron chi connectivity index (χ0n) is 19.5. The molecule has 2 aromatic rings. The smallest absolute Gasteiger partial charge is 0.335 e. The van der Waals surface area contributed by atoms with Gasteiger partial charge in [-0.1, -0.05) is 24.6 Å². The largest absolute Gasteiger partial charge is 0.364 e. The van der Waals surface area contributed by atoms with Crippen molar-refractivity contribution in [3.8, 4) is 0 Å². The quantitative estimate of drug-likeness (QED) is 0.479. The molecule has 7 heteroatoms. The van der Waals surface area contributed by atoms with Crippen molar-refractivity contribution in [2.45, 2.75) is 58.5 Å². The van der Waals surface area contributed by atoms with Gasteiger partial charge in [0.25, 0.3) is 11.8 Å². The Kier molecular flexibility index (Phi) is 5.83. The van der Waals surface area contributed by atoms with Gasteiger partial charge in [-0.05, 0) is 93.6 Å². The third-order valence-electron chi connectivity index (χ3n) is 6.31. The molecule has 33 heavy (non-hydrogen) atoms. The molecule has 0 spiro atoms. The first kappa shape index (κ1) is 23.1. The maximum atomic E-state index is 13.2. The first-order chi connectivity index (χ1) is 15.5. The SMILES string of the molecule is CC(C)N1c2ccc(/C=C3\C(=O)NC(=O)N(c4ccc(Cl)cc4)C3=O)cc2[C@@H](C)CC1(C)C. The number of fused-ring (bicyclic) bond motifs is 1. The standard InChI is InChI=1S/C26H28ClN3O3/c1-15(2)30-22-11-6-17(12-20(22)16(3)14-26(30,4)5)13-21-23(31)28-25(33)29(24(21)32)19-9-7-18(27)8-10-19/h6-13,15-16H,14H2,1-5H3,(H,28,31,33)/b21-13+/t16-/m0/s1. The number of halogens is 1. The Labute approximate surface area is 199 Å². The number of carbonyl (C=O) groups is 3. The molecule has 2 aliphatic rings. The van der Waals surface area contributed by atoms with Gasteiger partial charge in [-0.3, -0.25) is 14.9 Å². The van der Waals surface area contributed by atoms with Gasteiger partial charge in [-0.15, -0.1) is 0 Å².